The number of aryl methyl sites for hydroxylation is 1. The van der Waals surface area contributed by atoms with Gasteiger partial charge >= 0.3 is 5.97 Å². The average molecular weight is 307 g/mol. The van der Waals surface area contributed by atoms with Crippen molar-refractivity contribution in [3.63, 3.8) is 0 Å². The molecule has 0 unspecified atom stereocenters. The molecular formula is C19H17NO3. The number of carbonyl (C=O) groups is 1. The molecular weight excluding hydrogens is 290 g/mol. The van der Waals surface area contributed by atoms with E-state index in [-0.39, 0.29) is 12.2 Å². The first-order chi connectivity index (χ1) is 11.1. The lowest BCUT2D eigenvalue weighted by Crippen LogP contribution is -2.21. The van der Waals surface area contributed by atoms with Gasteiger partial charge in [-0.15, -0.1) is 0 Å². The number of hydrogen-bond acceptors (Lipinski definition) is 3. The summed E-state index contributed by atoms with van der Waals surface area (Å²) in [6.45, 7) is 3.90. The summed E-state index contributed by atoms with van der Waals surface area (Å²) in [6.07, 6.45) is 0. The fraction of sp³-hybridized carbons (Fsp3) is 0.158. The van der Waals surface area contributed by atoms with Gasteiger partial charge in [-0.3, -0.25) is 4.79 Å². The Labute approximate surface area is 133 Å². The van der Waals surface area contributed by atoms with E-state index in [0.717, 1.165) is 16.5 Å². The van der Waals surface area contributed by atoms with E-state index in [1.54, 1.807) is 6.92 Å². The highest BCUT2D eigenvalue weighted by molar-refractivity contribution is 6.06. The molecule has 0 radical (unpaired) electrons. The highest BCUT2D eigenvalue weighted by Gasteiger charge is 2.21. The van der Waals surface area contributed by atoms with Crippen molar-refractivity contribution in [1.29, 1.82) is 0 Å². The molecule has 0 spiro atoms. The number of H-pyrrole nitrogens is 1. The predicted molar refractivity (Wildman–Crippen MR) is 90.7 cm³/mol. The molecule has 1 N–H and O–H groups in total. The van der Waals surface area contributed by atoms with Crippen molar-refractivity contribution in [2.45, 2.75) is 13.8 Å². The smallest absolute Gasteiger partial charge is 0.344 e. The van der Waals surface area contributed by atoms with Crippen LogP contribution < -0.4 is 5.56 Å². The third kappa shape index (κ3) is 2.75. The van der Waals surface area contributed by atoms with E-state index in [9.17, 15) is 9.59 Å². The third-order valence-electron chi connectivity index (χ3n) is 3.71. The molecule has 0 aliphatic carbocycles. The first kappa shape index (κ1) is 15.0. The Bertz CT molecular complexity index is 926. The van der Waals surface area contributed by atoms with Crippen molar-refractivity contribution < 1.29 is 9.53 Å². The van der Waals surface area contributed by atoms with E-state index in [1.807, 2.05) is 55.5 Å². The summed E-state index contributed by atoms with van der Waals surface area (Å²) >= 11 is 0. The minimum Gasteiger partial charge on any atom is -0.462 e. The highest BCUT2D eigenvalue weighted by atomic mass is 16.5. The summed E-state index contributed by atoms with van der Waals surface area (Å²) in [5, 5.41) is 0.824. The molecule has 0 fully saturated rings. The van der Waals surface area contributed by atoms with Crippen LogP contribution in [0.3, 0.4) is 0 Å². The van der Waals surface area contributed by atoms with Crippen LogP contribution in [0.25, 0.3) is 22.0 Å². The Morgan fingerprint density at radius 2 is 1.87 bits per heavy atom. The minimum absolute atomic E-state index is 0.0504. The number of esters is 1. The number of carbonyl (C=O) groups excluding carboxylic acids is 1. The fourth-order valence-electron chi connectivity index (χ4n) is 2.72. The Hall–Kier alpha value is -2.88. The second kappa shape index (κ2) is 6.08. The van der Waals surface area contributed by atoms with Gasteiger partial charge in [-0.1, -0.05) is 42.5 Å². The van der Waals surface area contributed by atoms with E-state index in [0.29, 0.717) is 11.1 Å². The van der Waals surface area contributed by atoms with Gasteiger partial charge in [0.1, 0.15) is 5.56 Å². The van der Waals surface area contributed by atoms with Crippen LogP contribution in [-0.4, -0.2) is 17.6 Å². The zero-order chi connectivity index (χ0) is 16.4. The van der Waals surface area contributed by atoms with Crippen LogP contribution in [0.15, 0.2) is 53.3 Å². The summed E-state index contributed by atoms with van der Waals surface area (Å²) in [4.78, 5) is 27.6. The Balaban J connectivity index is 2.42. The average Bonchev–Trinajstić information content (AvgIpc) is 2.54. The van der Waals surface area contributed by atoms with Crippen LogP contribution in [0.2, 0.25) is 0 Å². The van der Waals surface area contributed by atoms with Crippen molar-refractivity contribution in [3.8, 4) is 11.1 Å². The van der Waals surface area contributed by atoms with Crippen molar-refractivity contribution >= 4 is 16.9 Å². The fourth-order valence-corrected chi connectivity index (χ4v) is 2.72. The normalized spacial score (nSPS) is 10.7. The monoisotopic (exact) mass is 307 g/mol. The van der Waals surface area contributed by atoms with E-state index in [1.165, 1.54) is 0 Å². The molecule has 116 valence electrons. The zero-order valence-electron chi connectivity index (χ0n) is 13.1. The number of rotatable bonds is 3. The van der Waals surface area contributed by atoms with Crippen LogP contribution in [0, 0.1) is 6.92 Å². The number of nitrogens with one attached hydrogen (secondary N) is 1. The number of benzene rings is 2. The van der Waals surface area contributed by atoms with Gasteiger partial charge in [0, 0.05) is 16.5 Å². The van der Waals surface area contributed by atoms with Crippen LogP contribution in [0.5, 0.6) is 0 Å². The summed E-state index contributed by atoms with van der Waals surface area (Å²) in [6, 6.07) is 15.2. The van der Waals surface area contributed by atoms with Gasteiger partial charge in [-0.05, 0) is 31.0 Å². The predicted octanol–water partition coefficient (Wildman–Crippen LogP) is 3.68. The maximum Gasteiger partial charge on any atom is 0.344 e. The third-order valence-corrected chi connectivity index (χ3v) is 3.71. The van der Waals surface area contributed by atoms with Crippen molar-refractivity contribution in [3.05, 3.63) is 70.0 Å². The molecule has 0 aliphatic rings. The molecule has 1 aromatic heterocycles. The van der Waals surface area contributed by atoms with E-state index < -0.39 is 11.5 Å². The van der Waals surface area contributed by atoms with Crippen molar-refractivity contribution in [2.75, 3.05) is 6.61 Å². The number of pyridine rings is 1. The van der Waals surface area contributed by atoms with Crippen LogP contribution in [-0.2, 0) is 4.74 Å². The second-order valence-corrected chi connectivity index (χ2v) is 5.34. The quantitative estimate of drug-likeness (QED) is 0.751. The number of aromatic nitrogens is 1. The molecule has 0 atom stereocenters. The summed E-state index contributed by atoms with van der Waals surface area (Å²) < 4.78 is 5.08. The van der Waals surface area contributed by atoms with E-state index in [2.05, 4.69) is 4.98 Å². The summed E-state index contributed by atoms with van der Waals surface area (Å²) in [7, 11) is 0. The summed E-state index contributed by atoms with van der Waals surface area (Å²) in [5.74, 6) is -0.602. The lowest BCUT2D eigenvalue weighted by Gasteiger charge is -2.12. The highest BCUT2D eigenvalue weighted by Crippen LogP contribution is 2.30. The Morgan fingerprint density at radius 3 is 2.57 bits per heavy atom. The molecule has 1 heterocycles. The SMILES string of the molecule is CCOC(=O)c1c(-c2ccccc2)c2ccc(C)cc2[nH]c1=O. The largest absolute Gasteiger partial charge is 0.462 e. The van der Waals surface area contributed by atoms with Gasteiger partial charge in [0.05, 0.1) is 6.61 Å². The zero-order valence-corrected chi connectivity index (χ0v) is 13.1. The summed E-state index contributed by atoms with van der Waals surface area (Å²) in [5.41, 5.74) is 2.80. The van der Waals surface area contributed by atoms with E-state index >= 15 is 0 Å². The second-order valence-electron chi connectivity index (χ2n) is 5.34. The maximum absolute atomic E-state index is 12.5. The molecule has 4 nitrogen and oxygen atoms in total. The minimum atomic E-state index is -0.602. The molecule has 23 heavy (non-hydrogen) atoms. The molecule has 2 aromatic carbocycles. The number of aromatic amines is 1. The first-order valence-corrected chi connectivity index (χ1v) is 7.51. The molecule has 0 saturated heterocycles. The van der Waals surface area contributed by atoms with Gasteiger partial charge in [0.25, 0.3) is 5.56 Å². The molecule has 0 amide bonds. The molecule has 3 aromatic rings. The van der Waals surface area contributed by atoms with Crippen molar-refractivity contribution in [1.82, 2.24) is 4.98 Å². The molecule has 3 rings (SSSR count). The van der Waals surface area contributed by atoms with Crippen molar-refractivity contribution in [2.24, 2.45) is 0 Å². The topological polar surface area (TPSA) is 59.2 Å². The molecule has 0 aliphatic heterocycles. The lowest BCUT2D eigenvalue weighted by atomic mass is 9.95. The van der Waals surface area contributed by atoms with Gasteiger partial charge in [0.15, 0.2) is 0 Å². The Kier molecular flexibility index (Phi) is 3.98. The van der Waals surface area contributed by atoms with Crippen LogP contribution in [0.1, 0.15) is 22.8 Å². The van der Waals surface area contributed by atoms with Gasteiger partial charge in [0.2, 0.25) is 0 Å². The van der Waals surface area contributed by atoms with Gasteiger partial charge in [-0.25, -0.2) is 4.79 Å². The van der Waals surface area contributed by atoms with Crippen LogP contribution in [0.4, 0.5) is 0 Å². The number of hydrogen-bond donors (Lipinski definition) is 1. The lowest BCUT2D eigenvalue weighted by molar-refractivity contribution is 0.0525. The standard InChI is InChI=1S/C19H17NO3/c1-3-23-19(22)17-16(13-7-5-4-6-8-13)14-10-9-12(2)11-15(14)20-18(17)21/h4-11H,3H2,1-2H3,(H,20,21). The van der Waals surface area contributed by atoms with Crippen LogP contribution >= 0.6 is 0 Å². The molecule has 0 saturated carbocycles. The number of ether oxygens (including phenoxy) is 1. The van der Waals surface area contributed by atoms with Gasteiger partial charge < -0.3 is 9.72 Å². The van der Waals surface area contributed by atoms with E-state index in [4.69, 9.17) is 4.74 Å². The molecule has 0 bridgehead atoms. The maximum atomic E-state index is 12.5. The Morgan fingerprint density at radius 1 is 1.13 bits per heavy atom. The van der Waals surface area contributed by atoms with Gasteiger partial charge in [-0.2, -0.15) is 0 Å². The number of fused-ring (bicyclic) bond motifs is 1. The molecule has 4 heteroatoms. The first-order valence-electron chi connectivity index (χ1n) is 7.51.